The molecule has 0 unspecified atom stereocenters. The molecule has 0 amide bonds. The van der Waals surface area contributed by atoms with Gasteiger partial charge in [0.1, 0.15) is 6.29 Å². The zero-order valence-corrected chi connectivity index (χ0v) is 7.60. The number of rotatable bonds is 6. The molecule has 0 aliphatic carbocycles. The van der Waals surface area contributed by atoms with Gasteiger partial charge in [-0.25, -0.2) is 0 Å². The topological polar surface area (TPSA) is 17.1 Å². The van der Waals surface area contributed by atoms with E-state index in [0.29, 0.717) is 5.92 Å². The molecule has 0 saturated carbocycles. The van der Waals surface area contributed by atoms with Gasteiger partial charge in [0, 0.05) is 0 Å². The lowest BCUT2D eigenvalue weighted by atomic mass is 9.92. The Hall–Kier alpha value is -0.590. The molecule has 0 saturated heterocycles. The minimum absolute atomic E-state index is 0.433. The normalized spacial score (nSPS) is 10.1. The van der Waals surface area contributed by atoms with Crippen LogP contribution in [0.1, 0.15) is 39.5 Å². The fourth-order valence-electron chi connectivity index (χ4n) is 1.31. The van der Waals surface area contributed by atoms with Crippen LogP contribution in [-0.2, 0) is 4.79 Å². The molecular formula is C10H18O. The molecule has 0 aromatic heterocycles. The molecule has 0 aliphatic heterocycles. The Morgan fingerprint density at radius 3 is 2.09 bits per heavy atom. The maximum atomic E-state index is 10.4. The van der Waals surface area contributed by atoms with Crippen LogP contribution in [0.5, 0.6) is 0 Å². The third-order valence-electron chi connectivity index (χ3n) is 1.95. The SMILES string of the molecule is C=C(C=O)C(CCC)CCC. The lowest BCUT2D eigenvalue weighted by Gasteiger charge is -2.12. The molecule has 0 N–H and O–H groups in total. The van der Waals surface area contributed by atoms with Gasteiger partial charge >= 0.3 is 0 Å². The van der Waals surface area contributed by atoms with Gasteiger partial charge in [0.25, 0.3) is 0 Å². The van der Waals surface area contributed by atoms with Crippen LogP contribution >= 0.6 is 0 Å². The van der Waals surface area contributed by atoms with Gasteiger partial charge in [0.05, 0.1) is 0 Å². The van der Waals surface area contributed by atoms with E-state index in [1.54, 1.807) is 0 Å². The first-order valence-corrected chi connectivity index (χ1v) is 4.40. The third kappa shape index (κ3) is 3.97. The molecule has 64 valence electrons. The van der Waals surface area contributed by atoms with Crippen molar-refractivity contribution in [2.24, 2.45) is 5.92 Å². The van der Waals surface area contributed by atoms with Crippen LogP contribution in [0, 0.1) is 5.92 Å². The summed E-state index contributed by atoms with van der Waals surface area (Å²) >= 11 is 0. The second kappa shape index (κ2) is 6.14. The quantitative estimate of drug-likeness (QED) is 0.424. The van der Waals surface area contributed by atoms with Crippen LogP contribution in [0.2, 0.25) is 0 Å². The summed E-state index contributed by atoms with van der Waals surface area (Å²) in [5.74, 6) is 0.433. The summed E-state index contributed by atoms with van der Waals surface area (Å²) in [6, 6.07) is 0. The highest BCUT2D eigenvalue weighted by Crippen LogP contribution is 2.19. The first-order chi connectivity index (χ1) is 5.26. The zero-order chi connectivity index (χ0) is 8.69. The molecule has 0 fully saturated rings. The first-order valence-electron chi connectivity index (χ1n) is 4.40. The summed E-state index contributed by atoms with van der Waals surface area (Å²) in [6.07, 6.45) is 5.38. The summed E-state index contributed by atoms with van der Waals surface area (Å²) in [7, 11) is 0. The van der Waals surface area contributed by atoms with Crippen LogP contribution in [0.4, 0.5) is 0 Å². The molecule has 0 bridgehead atoms. The van der Waals surface area contributed by atoms with Crippen LogP contribution in [-0.4, -0.2) is 6.29 Å². The van der Waals surface area contributed by atoms with Gasteiger partial charge < -0.3 is 0 Å². The lowest BCUT2D eigenvalue weighted by Crippen LogP contribution is -2.03. The number of aldehydes is 1. The predicted molar refractivity (Wildman–Crippen MR) is 48.5 cm³/mol. The molecule has 0 aliphatic rings. The van der Waals surface area contributed by atoms with Crippen molar-refractivity contribution in [3.05, 3.63) is 12.2 Å². The van der Waals surface area contributed by atoms with E-state index in [0.717, 1.165) is 37.5 Å². The number of carbonyl (C=O) groups is 1. The third-order valence-corrected chi connectivity index (χ3v) is 1.95. The summed E-state index contributed by atoms with van der Waals surface area (Å²) in [5.41, 5.74) is 0.772. The van der Waals surface area contributed by atoms with E-state index < -0.39 is 0 Å². The van der Waals surface area contributed by atoms with Gasteiger partial charge in [-0.15, -0.1) is 0 Å². The van der Waals surface area contributed by atoms with Gasteiger partial charge in [-0.3, -0.25) is 4.79 Å². The minimum Gasteiger partial charge on any atom is -0.298 e. The monoisotopic (exact) mass is 154 g/mol. The molecule has 0 rings (SSSR count). The van der Waals surface area contributed by atoms with Gasteiger partial charge in [-0.1, -0.05) is 33.3 Å². The summed E-state index contributed by atoms with van der Waals surface area (Å²) in [5, 5.41) is 0. The highest BCUT2D eigenvalue weighted by molar-refractivity contribution is 5.72. The molecule has 1 nitrogen and oxygen atoms in total. The van der Waals surface area contributed by atoms with Crippen molar-refractivity contribution in [1.82, 2.24) is 0 Å². The number of carbonyl (C=O) groups excluding carboxylic acids is 1. The average molecular weight is 154 g/mol. The molecule has 0 atom stereocenters. The summed E-state index contributed by atoms with van der Waals surface area (Å²) in [4.78, 5) is 10.4. The van der Waals surface area contributed by atoms with E-state index in [2.05, 4.69) is 20.4 Å². The van der Waals surface area contributed by atoms with Crippen molar-refractivity contribution < 1.29 is 4.79 Å². The van der Waals surface area contributed by atoms with E-state index in [1.165, 1.54) is 0 Å². The van der Waals surface area contributed by atoms with Crippen molar-refractivity contribution in [2.45, 2.75) is 39.5 Å². The Morgan fingerprint density at radius 2 is 1.82 bits per heavy atom. The Labute approximate surface area is 69.5 Å². The van der Waals surface area contributed by atoms with Gasteiger partial charge in [-0.05, 0) is 24.3 Å². The Kier molecular flexibility index (Phi) is 5.81. The molecule has 0 aromatic rings. The van der Waals surface area contributed by atoms with Crippen LogP contribution in [0.3, 0.4) is 0 Å². The van der Waals surface area contributed by atoms with Gasteiger partial charge in [0.15, 0.2) is 0 Å². The van der Waals surface area contributed by atoms with Gasteiger partial charge in [-0.2, -0.15) is 0 Å². The molecule has 1 heteroatoms. The molecule has 11 heavy (non-hydrogen) atoms. The van der Waals surface area contributed by atoms with E-state index >= 15 is 0 Å². The van der Waals surface area contributed by atoms with E-state index in [1.807, 2.05) is 0 Å². The number of allylic oxidation sites excluding steroid dienone is 1. The largest absolute Gasteiger partial charge is 0.298 e. The number of hydrogen-bond acceptors (Lipinski definition) is 1. The number of hydrogen-bond donors (Lipinski definition) is 0. The fraction of sp³-hybridized carbons (Fsp3) is 0.700. The second-order valence-corrected chi connectivity index (χ2v) is 2.97. The summed E-state index contributed by atoms with van der Waals surface area (Å²) < 4.78 is 0. The molecule has 0 heterocycles. The van der Waals surface area contributed by atoms with Gasteiger partial charge in [0.2, 0.25) is 0 Å². The Balaban J connectivity index is 3.86. The Bertz CT molecular complexity index is 121. The van der Waals surface area contributed by atoms with Crippen molar-refractivity contribution in [2.75, 3.05) is 0 Å². The highest BCUT2D eigenvalue weighted by Gasteiger charge is 2.08. The van der Waals surface area contributed by atoms with E-state index in [9.17, 15) is 4.79 Å². The second-order valence-electron chi connectivity index (χ2n) is 2.97. The van der Waals surface area contributed by atoms with Crippen LogP contribution in [0.15, 0.2) is 12.2 Å². The maximum absolute atomic E-state index is 10.4. The standard InChI is InChI=1S/C10H18O/c1-4-6-10(7-5-2)9(3)8-11/h8,10H,3-7H2,1-2H3. The van der Waals surface area contributed by atoms with Crippen LogP contribution < -0.4 is 0 Å². The van der Waals surface area contributed by atoms with Crippen molar-refractivity contribution >= 4 is 6.29 Å². The van der Waals surface area contributed by atoms with Crippen molar-refractivity contribution in [3.8, 4) is 0 Å². The molecule has 0 radical (unpaired) electrons. The first kappa shape index (κ1) is 10.4. The average Bonchev–Trinajstić information content (AvgIpc) is 2.03. The zero-order valence-electron chi connectivity index (χ0n) is 7.60. The van der Waals surface area contributed by atoms with Crippen molar-refractivity contribution in [3.63, 3.8) is 0 Å². The van der Waals surface area contributed by atoms with E-state index in [4.69, 9.17) is 0 Å². The smallest absolute Gasteiger partial charge is 0.145 e. The molecular weight excluding hydrogens is 136 g/mol. The Morgan fingerprint density at radius 1 is 1.36 bits per heavy atom. The minimum atomic E-state index is 0.433. The van der Waals surface area contributed by atoms with Crippen molar-refractivity contribution in [1.29, 1.82) is 0 Å². The van der Waals surface area contributed by atoms with Crippen LogP contribution in [0.25, 0.3) is 0 Å². The highest BCUT2D eigenvalue weighted by atomic mass is 16.1. The fourth-order valence-corrected chi connectivity index (χ4v) is 1.31. The van der Waals surface area contributed by atoms with E-state index in [-0.39, 0.29) is 0 Å². The molecule has 0 aromatic carbocycles. The summed E-state index contributed by atoms with van der Waals surface area (Å²) in [6.45, 7) is 8.02. The maximum Gasteiger partial charge on any atom is 0.145 e. The lowest BCUT2D eigenvalue weighted by molar-refractivity contribution is -0.105. The molecule has 0 spiro atoms. The predicted octanol–water partition coefficient (Wildman–Crippen LogP) is 2.96.